The van der Waals surface area contributed by atoms with Crippen molar-refractivity contribution in [2.45, 2.75) is 37.8 Å². The van der Waals surface area contributed by atoms with Gasteiger partial charge < -0.3 is 14.6 Å². The van der Waals surface area contributed by atoms with Crippen LogP contribution in [0.25, 0.3) is 0 Å². The van der Waals surface area contributed by atoms with Crippen molar-refractivity contribution in [2.24, 2.45) is 0 Å². The van der Waals surface area contributed by atoms with E-state index in [-0.39, 0.29) is 6.61 Å². The van der Waals surface area contributed by atoms with Gasteiger partial charge in [-0.05, 0) is 68.6 Å². The average Bonchev–Trinajstić information content (AvgIpc) is 3.31. The predicted octanol–water partition coefficient (Wildman–Crippen LogP) is 4.87. The molecule has 2 saturated heterocycles. The molecular formula is C25H32Cl2N2O3. The molecule has 0 unspecified atom stereocenters. The molecule has 7 heteroatoms. The summed E-state index contributed by atoms with van der Waals surface area (Å²) >= 11 is 12.0. The summed E-state index contributed by atoms with van der Waals surface area (Å²) in [5.74, 6) is 1.55. The predicted molar refractivity (Wildman–Crippen MR) is 129 cm³/mol. The van der Waals surface area contributed by atoms with E-state index in [1.165, 1.54) is 31.5 Å². The Labute approximate surface area is 200 Å². The highest BCUT2D eigenvalue weighted by molar-refractivity contribution is 6.42. The number of piperidine rings is 1. The first-order valence-corrected chi connectivity index (χ1v) is 12.2. The second-order valence-electron chi connectivity index (χ2n) is 8.91. The van der Waals surface area contributed by atoms with Gasteiger partial charge in [-0.15, -0.1) is 0 Å². The number of ether oxygens (including phenoxy) is 2. The van der Waals surface area contributed by atoms with E-state index in [0.717, 1.165) is 38.5 Å². The van der Waals surface area contributed by atoms with Crippen LogP contribution in [0.15, 0.2) is 42.5 Å². The van der Waals surface area contributed by atoms with Crippen LogP contribution >= 0.6 is 23.2 Å². The number of nitrogens with zero attached hydrogens (tertiary/aromatic N) is 2. The molecule has 5 nitrogen and oxygen atoms in total. The van der Waals surface area contributed by atoms with Gasteiger partial charge in [-0.25, -0.2) is 0 Å². The Hall–Kier alpha value is -1.50. The Bertz CT molecular complexity index is 864. The van der Waals surface area contributed by atoms with E-state index in [1.807, 2.05) is 0 Å². The first-order valence-electron chi connectivity index (χ1n) is 11.5. The molecule has 0 amide bonds. The van der Waals surface area contributed by atoms with Gasteiger partial charge in [0.15, 0.2) is 0 Å². The lowest BCUT2D eigenvalue weighted by atomic mass is 9.92. The van der Waals surface area contributed by atoms with Gasteiger partial charge in [0.25, 0.3) is 0 Å². The normalized spacial score (nSPS) is 19.2. The van der Waals surface area contributed by atoms with Gasteiger partial charge in [-0.1, -0.05) is 35.3 Å². The lowest BCUT2D eigenvalue weighted by Gasteiger charge is -2.38. The van der Waals surface area contributed by atoms with Crippen molar-refractivity contribution in [3.8, 4) is 11.5 Å². The molecule has 1 N–H and O–H groups in total. The third-order valence-corrected chi connectivity index (χ3v) is 7.13. The average molecular weight is 479 g/mol. The SMILES string of the molecule is OC1(COc2ccc(Cl)c(Cl)c2)CCN(Cc2ccc(OCCN3CCCC3)cc2)CC1. The molecule has 0 spiro atoms. The van der Waals surface area contributed by atoms with E-state index in [1.54, 1.807) is 18.2 Å². The van der Waals surface area contributed by atoms with E-state index in [0.29, 0.717) is 28.6 Å². The molecule has 0 bridgehead atoms. The number of halogens is 2. The van der Waals surface area contributed by atoms with Crippen molar-refractivity contribution in [1.29, 1.82) is 0 Å². The van der Waals surface area contributed by atoms with Gasteiger partial charge >= 0.3 is 0 Å². The molecule has 0 aromatic heterocycles. The number of rotatable bonds is 9. The summed E-state index contributed by atoms with van der Waals surface area (Å²) in [6.45, 7) is 6.94. The minimum absolute atomic E-state index is 0.252. The molecule has 0 aliphatic carbocycles. The van der Waals surface area contributed by atoms with Crippen LogP contribution in [-0.2, 0) is 6.54 Å². The summed E-state index contributed by atoms with van der Waals surface area (Å²) in [5.41, 5.74) is 0.435. The fraction of sp³-hybridized carbons (Fsp3) is 0.520. The standard InChI is InChI=1S/C25H32Cl2N2O3/c26-23-8-7-22(17-24(23)27)32-19-25(30)9-13-29(14-10-25)18-20-3-5-21(6-4-20)31-16-15-28-11-1-2-12-28/h3-8,17,30H,1-2,9-16,18-19H2. The van der Waals surface area contributed by atoms with E-state index < -0.39 is 5.60 Å². The van der Waals surface area contributed by atoms with E-state index in [9.17, 15) is 5.11 Å². The number of benzene rings is 2. The summed E-state index contributed by atoms with van der Waals surface area (Å²) in [6.07, 6.45) is 3.97. The number of hydrogen-bond donors (Lipinski definition) is 1. The number of aliphatic hydroxyl groups is 1. The second-order valence-corrected chi connectivity index (χ2v) is 9.72. The van der Waals surface area contributed by atoms with Crippen LogP contribution in [0.1, 0.15) is 31.2 Å². The van der Waals surface area contributed by atoms with Crippen molar-refractivity contribution in [3.63, 3.8) is 0 Å². The molecule has 2 aromatic carbocycles. The maximum Gasteiger partial charge on any atom is 0.121 e. The number of hydrogen-bond acceptors (Lipinski definition) is 5. The summed E-state index contributed by atoms with van der Waals surface area (Å²) in [5, 5.41) is 11.9. The highest BCUT2D eigenvalue weighted by Gasteiger charge is 2.33. The first kappa shape index (κ1) is 23.7. The van der Waals surface area contributed by atoms with E-state index in [4.69, 9.17) is 32.7 Å². The van der Waals surface area contributed by atoms with Crippen molar-refractivity contribution < 1.29 is 14.6 Å². The highest BCUT2D eigenvalue weighted by Crippen LogP contribution is 2.29. The number of likely N-dealkylation sites (tertiary alicyclic amines) is 2. The van der Waals surface area contributed by atoms with Crippen molar-refractivity contribution in [1.82, 2.24) is 9.80 Å². The third kappa shape index (κ3) is 6.75. The van der Waals surface area contributed by atoms with Crippen LogP contribution in [0.2, 0.25) is 10.0 Å². The van der Waals surface area contributed by atoms with Crippen LogP contribution in [0.5, 0.6) is 11.5 Å². The zero-order chi connectivity index (χ0) is 22.4. The van der Waals surface area contributed by atoms with Crippen LogP contribution < -0.4 is 9.47 Å². The Morgan fingerprint density at radius 3 is 2.19 bits per heavy atom. The molecule has 0 saturated carbocycles. The molecule has 4 rings (SSSR count). The molecule has 2 fully saturated rings. The highest BCUT2D eigenvalue weighted by atomic mass is 35.5. The lowest BCUT2D eigenvalue weighted by molar-refractivity contribution is -0.0537. The molecule has 32 heavy (non-hydrogen) atoms. The van der Waals surface area contributed by atoms with Crippen LogP contribution in [0, 0.1) is 0 Å². The Morgan fingerprint density at radius 2 is 1.50 bits per heavy atom. The maximum atomic E-state index is 10.9. The Kier molecular flexibility index (Phi) is 8.19. The van der Waals surface area contributed by atoms with Crippen LogP contribution in [-0.4, -0.2) is 66.4 Å². The molecule has 0 atom stereocenters. The van der Waals surface area contributed by atoms with Crippen LogP contribution in [0.3, 0.4) is 0 Å². The molecule has 2 aliphatic rings. The monoisotopic (exact) mass is 478 g/mol. The van der Waals surface area contributed by atoms with Crippen molar-refractivity contribution in [2.75, 3.05) is 45.9 Å². The summed E-state index contributed by atoms with van der Waals surface area (Å²) in [7, 11) is 0. The van der Waals surface area contributed by atoms with Gasteiger partial charge in [0.2, 0.25) is 0 Å². The molecule has 174 valence electrons. The van der Waals surface area contributed by atoms with E-state index >= 15 is 0 Å². The first-order chi connectivity index (χ1) is 15.5. The Balaban J connectivity index is 1.18. The third-order valence-electron chi connectivity index (χ3n) is 6.39. The van der Waals surface area contributed by atoms with Gasteiger partial charge in [0.1, 0.15) is 30.3 Å². The van der Waals surface area contributed by atoms with E-state index in [2.05, 4.69) is 34.1 Å². The molecule has 2 aliphatic heterocycles. The van der Waals surface area contributed by atoms with Gasteiger partial charge in [0, 0.05) is 32.2 Å². The zero-order valence-corrected chi connectivity index (χ0v) is 20.0. The van der Waals surface area contributed by atoms with Gasteiger partial charge in [-0.2, -0.15) is 0 Å². The molecule has 2 aromatic rings. The van der Waals surface area contributed by atoms with Crippen molar-refractivity contribution in [3.05, 3.63) is 58.1 Å². The van der Waals surface area contributed by atoms with Gasteiger partial charge in [-0.3, -0.25) is 9.80 Å². The van der Waals surface area contributed by atoms with Crippen molar-refractivity contribution >= 4 is 23.2 Å². The van der Waals surface area contributed by atoms with Gasteiger partial charge in [0.05, 0.1) is 10.0 Å². The summed E-state index contributed by atoms with van der Waals surface area (Å²) in [6, 6.07) is 13.6. The summed E-state index contributed by atoms with van der Waals surface area (Å²) < 4.78 is 11.7. The lowest BCUT2D eigenvalue weighted by Crippen LogP contribution is -2.47. The quantitative estimate of drug-likeness (QED) is 0.556. The Morgan fingerprint density at radius 1 is 0.812 bits per heavy atom. The summed E-state index contributed by atoms with van der Waals surface area (Å²) in [4.78, 5) is 4.83. The second kappa shape index (κ2) is 11.1. The molecule has 0 radical (unpaired) electrons. The fourth-order valence-electron chi connectivity index (χ4n) is 4.30. The fourth-order valence-corrected chi connectivity index (χ4v) is 4.59. The largest absolute Gasteiger partial charge is 0.492 e. The molecular weight excluding hydrogens is 447 g/mol. The topological polar surface area (TPSA) is 45.2 Å². The smallest absolute Gasteiger partial charge is 0.121 e. The minimum Gasteiger partial charge on any atom is -0.492 e. The maximum absolute atomic E-state index is 10.9. The minimum atomic E-state index is -0.824. The molecule has 2 heterocycles. The zero-order valence-electron chi connectivity index (χ0n) is 18.4. The van der Waals surface area contributed by atoms with Crippen LogP contribution in [0.4, 0.5) is 0 Å².